The van der Waals surface area contributed by atoms with Crippen LogP contribution in [0.15, 0.2) is 18.2 Å². The zero-order chi connectivity index (χ0) is 14.5. The highest BCUT2D eigenvalue weighted by Crippen LogP contribution is 2.33. The van der Waals surface area contributed by atoms with Crippen molar-refractivity contribution in [3.63, 3.8) is 0 Å². The molecule has 0 atom stereocenters. The average Bonchev–Trinajstić information content (AvgIpc) is 2.30. The molecular weight excluding hydrogens is 259 g/mol. The third kappa shape index (κ3) is 4.81. The Kier molecular flexibility index (Phi) is 5.20. The summed E-state index contributed by atoms with van der Waals surface area (Å²) < 4.78 is 42.8. The molecule has 0 aliphatic rings. The van der Waals surface area contributed by atoms with Gasteiger partial charge in [-0.05, 0) is 31.5 Å². The fourth-order valence-electron chi connectivity index (χ4n) is 1.58. The molecule has 0 unspecified atom stereocenters. The first kappa shape index (κ1) is 15.3. The van der Waals surface area contributed by atoms with Gasteiger partial charge < -0.3 is 10.1 Å². The maximum Gasteiger partial charge on any atom is 0.416 e. The molecule has 0 radical (unpaired) electrons. The molecule has 1 aromatic carbocycles. The molecule has 6 heteroatoms. The van der Waals surface area contributed by atoms with Gasteiger partial charge in [-0.15, -0.1) is 0 Å². The van der Waals surface area contributed by atoms with Crippen LogP contribution in [0.5, 0.6) is 0 Å². The van der Waals surface area contributed by atoms with E-state index in [1.807, 2.05) is 0 Å². The molecule has 0 saturated heterocycles. The SMILES string of the molecule is CCOC(=O)CCNc1ccc(C)c(C(F)(F)F)c1. The van der Waals surface area contributed by atoms with Gasteiger partial charge in [-0.25, -0.2) is 0 Å². The van der Waals surface area contributed by atoms with Crippen LogP contribution in [0.4, 0.5) is 18.9 Å². The van der Waals surface area contributed by atoms with Crippen molar-refractivity contribution in [1.82, 2.24) is 0 Å². The summed E-state index contributed by atoms with van der Waals surface area (Å²) in [6.45, 7) is 3.63. The predicted octanol–water partition coefficient (Wildman–Crippen LogP) is 3.38. The lowest BCUT2D eigenvalue weighted by atomic mass is 10.1. The van der Waals surface area contributed by atoms with Crippen LogP contribution in [-0.2, 0) is 15.7 Å². The highest BCUT2D eigenvalue weighted by molar-refractivity contribution is 5.70. The van der Waals surface area contributed by atoms with Gasteiger partial charge in [0.2, 0.25) is 0 Å². The Morgan fingerprint density at radius 2 is 2.05 bits per heavy atom. The van der Waals surface area contributed by atoms with Crippen LogP contribution in [0.25, 0.3) is 0 Å². The summed E-state index contributed by atoms with van der Waals surface area (Å²) in [4.78, 5) is 11.1. The number of nitrogens with one attached hydrogen (secondary N) is 1. The minimum atomic E-state index is -4.37. The molecule has 0 spiro atoms. The zero-order valence-corrected chi connectivity index (χ0v) is 10.8. The molecule has 19 heavy (non-hydrogen) atoms. The summed E-state index contributed by atoms with van der Waals surface area (Å²) in [5, 5.41) is 2.77. The van der Waals surface area contributed by atoms with Crippen LogP contribution >= 0.6 is 0 Å². The number of alkyl halides is 3. The van der Waals surface area contributed by atoms with Gasteiger partial charge in [-0.2, -0.15) is 13.2 Å². The van der Waals surface area contributed by atoms with Gasteiger partial charge in [0.25, 0.3) is 0 Å². The van der Waals surface area contributed by atoms with Crippen LogP contribution < -0.4 is 5.32 Å². The third-order valence-electron chi connectivity index (χ3n) is 2.51. The molecule has 0 fully saturated rings. The average molecular weight is 275 g/mol. The second-order valence-electron chi connectivity index (χ2n) is 4.01. The van der Waals surface area contributed by atoms with E-state index in [4.69, 9.17) is 4.74 Å². The molecule has 0 heterocycles. The topological polar surface area (TPSA) is 38.3 Å². The van der Waals surface area contributed by atoms with Gasteiger partial charge in [0, 0.05) is 12.2 Å². The fraction of sp³-hybridized carbons (Fsp3) is 0.462. The summed E-state index contributed by atoms with van der Waals surface area (Å²) in [6, 6.07) is 3.99. The van der Waals surface area contributed by atoms with Gasteiger partial charge in [0.15, 0.2) is 0 Å². The van der Waals surface area contributed by atoms with Crippen molar-refractivity contribution >= 4 is 11.7 Å². The summed E-state index contributed by atoms with van der Waals surface area (Å²) in [6.07, 6.45) is -4.26. The van der Waals surface area contributed by atoms with Crippen LogP contribution in [0.3, 0.4) is 0 Å². The molecule has 3 nitrogen and oxygen atoms in total. The molecule has 106 valence electrons. The molecule has 0 amide bonds. The summed E-state index contributed by atoms with van der Waals surface area (Å²) in [7, 11) is 0. The van der Waals surface area contributed by atoms with Crippen molar-refractivity contribution in [3.8, 4) is 0 Å². The first-order valence-electron chi connectivity index (χ1n) is 5.92. The molecule has 0 aliphatic carbocycles. The van der Waals surface area contributed by atoms with Gasteiger partial charge in [-0.3, -0.25) is 4.79 Å². The first-order valence-corrected chi connectivity index (χ1v) is 5.92. The number of ether oxygens (including phenoxy) is 1. The zero-order valence-electron chi connectivity index (χ0n) is 10.8. The maximum atomic E-state index is 12.7. The minimum absolute atomic E-state index is 0.114. The molecule has 0 bridgehead atoms. The van der Waals surface area contributed by atoms with Gasteiger partial charge in [0.05, 0.1) is 18.6 Å². The number of aryl methyl sites for hydroxylation is 1. The number of carbonyl (C=O) groups excluding carboxylic acids is 1. The van der Waals surface area contributed by atoms with Crippen molar-refractivity contribution in [2.24, 2.45) is 0 Å². The normalized spacial score (nSPS) is 11.2. The van der Waals surface area contributed by atoms with Gasteiger partial charge in [-0.1, -0.05) is 6.07 Å². The van der Waals surface area contributed by atoms with Crippen molar-refractivity contribution in [2.45, 2.75) is 26.4 Å². The van der Waals surface area contributed by atoms with E-state index >= 15 is 0 Å². The Labute approximate surface area is 109 Å². The molecule has 1 N–H and O–H groups in total. The van der Waals surface area contributed by atoms with E-state index < -0.39 is 11.7 Å². The van der Waals surface area contributed by atoms with Crippen LogP contribution in [-0.4, -0.2) is 19.1 Å². The molecule has 0 aliphatic heterocycles. The lowest BCUT2D eigenvalue weighted by Gasteiger charge is -2.13. The van der Waals surface area contributed by atoms with Crippen molar-refractivity contribution < 1.29 is 22.7 Å². The molecule has 0 aromatic heterocycles. The molecular formula is C13H16F3NO2. The highest BCUT2D eigenvalue weighted by Gasteiger charge is 2.32. The van der Waals surface area contributed by atoms with E-state index in [9.17, 15) is 18.0 Å². The summed E-state index contributed by atoms with van der Waals surface area (Å²) >= 11 is 0. The number of rotatable bonds is 5. The largest absolute Gasteiger partial charge is 0.466 e. The molecule has 1 rings (SSSR count). The lowest BCUT2D eigenvalue weighted by Crippen LogP contribution is -2.12. The van der Waals surface area contributed by atoms with Gasteiger partial charge in [0.1, 0.15) is 0 Å². The number of esters is 1. The Hall–Kier alpha value is -1.72. The second kappa shape index (κ2) is 6.45. The summed E-state index contributed by atoms with van der Waals surface area (Å²) in [5.41, 5.74) is -0.167. The van der Waals surface area contributed by atoms with E-state index in [-0.39, 0.29) is 24.5 Å². The monoisotopic (exact) mass is 275 g/mol. The van der Waals surface area contributed by atoms with Gasteiger partial charge >= 0.3 is 12.1 Å². The number of carbonyl (C=O) groups is 1. The van der Waals surface area contributed by atoms with Crippen molar-refractivity contribution in [2.75, 3.05) is 18.5 Å². The highest BCUT2D eigenvalue weighted by atomic mass is 19.4. The Morgan fingerprint density at radius 1 is 1.37 bits per heavy atom. The predicted molar refractivity (Wildman–Crippen MR) is 65.9 cm³/mol. The quantitative estimate of drug-likeness (QED) is 0.837. The van der Waals surface area contributed by atoms with E-state index in [1.165, 1.54) is 13.0 Å². The van der Waals surface area contributed by atoms with E-state index in [1.54, 1.807) is 13.0 Å². The van der Waals surface area contributed by atoms with E-state index in [0.29, 0.717) is 12.3 Å². The maximum absolute atomic E-state index is 12.7. The molecule has 0 saturated carbocycles. The van der Waals surface area contributed by atoms with Crippen molar-refractivity contribution in [1.29, 1.82) is 0 Å². The summed E-state index contributed by atoms with van der Waals surface area (Å²) in [5.74, 6) is -0.377. The van der Waals surface area contributed by atoms with Crippen LogP contribution in [0.2, 0.25) is 0 Å². The smallest absolute Gasteiger partial charge is 0.416 e. The number of anilines is 1. The van der Waals surface area contributed by atoms with Crippen LogP contribution in [0.1, 0.15) is 24.5 Å². The number of hydrogen-bond donors (Lipinski definition) is 1. The number of benzene rings is 1. The van der Waals surface area contributed by atoms with Crippen molar-refractivity contribution in [3.05, 3.63) is 29.3 Å². The number of hydrogen-bond acceptors (Lipinski definition) is 3. The fourth-order valence-corrected chi connectivity index (χ4v) is 1.58. The second-order valence-corrected chi connectivity index (χ2v) is 4.01. The third-order valence-corrected chi connectivity index (χ3v) is 2.51. The van der Waals surface area contributed by atoms with E-state index in [2.05, 4.69) is 5.32 Å². The Balaban J connectivity index is 2.63. The van der Waals surface area contributed by atoms with E-state index in [0.717, 1.165) is 6.07 Å². The lowest BCUT2D eigenvalue weighted by molar-refractivity contribution is -0.142. The van der Waals surface area contributed by atoms with Crippen LogP contribution in [0, 0.1) is 6.92 Å². The molecule has 1 aromatic rings. The Bertz CT molecular complexity index is 444. The Morgan fingerprint density at radius 3 is 2.63 bits per heavy atom. The number of halogens is 3. The standard InChI is InChI=1S/C13H16F3NO2/c1-3-19-12(18)6-7-17-10-5-4-9(2)11(8-10)13(14,15)16/h4-5,8,17H,3,6-7H2,1-2H3. The minimum Gasteiger partial charge on any atom is -0.466 e. The first-order chi connectivity index (χ1) is 8.84.